The maximum atomic E-state index is 9.82. The average molecular weight is 252 g/mol. The van der Waals surface area contributed by atoms with Gasteiger partial charge in [-0.15, -0.1) is 0 Å². The third kappa shape index (κ3) is 51.1. The number of aliphatic hydroxyl groups excluding tert-OH is 1. The van der Waals surface area contributed by atoms with Gasteiger partial charge in [-0.25, -0.2) is 0 Å². The van der Waals surface area contributed by atoms with Crippen LogP contribution in [0.3, 0.4) is 0 Å². The zero-order chi connectivity index (χ0) is 13.8. The number of hydrogen-bond donors (Lipinski definition) is 1. The van der Waals surface area contributed by atoms with E-state index in [-0.39, 0.29) is 10.9 Å². The van der Waals surface area contributed by atoms with Gasteiger partial charge in [-0.3, -0.25) is 0 Å². The lowest BCUT2D eigenvalue weighted by Gasteiger charge is -2.14. The molecule has 0 atom stereocenters. The van der Waals surface area contributed by atoms with Crippen LogP contribution < -0.4 is 0 Å². The lowest BCUT2D eigenvalue weighted by molar-refractivity contribution is -0.109. The van der Waals surface area contributed by atoms with Gasteiger partial charge in [0.15, 0.2) is 0 Å². The van der Waals surface area contributed by atoms with Gasteiger partial charge < -0.3 is 15.4 Å². The van der Waals surface area contributed by atoms with Gasteiger partial charge in [0.2, 0.25) is 0 Å². The molecule has 5 nitrogen and oxygen atoms in total. The van der Waals surface area contributed by atoms with Gasteiger partial charge in [0.25, 0.3) is 0 Å². The molecule has 5 heteroatoms. The molecule has 106 valence electrons. The first-order valence-electron chi connectivity index (χ1n) is 5.33. The molecule has 0 saturated heterocycles. The van der Waals surface area contributed by atoms with Crippen LogP contribution in [0.5, 0.6) is 0 Å². The van der Waals surface area contributed by atoms with Crippen LogP contribution in [0.15, 0.2) is 0 Å². The minimum absolute atomic E-state index is 0. The second kappa shape index (κ2) is 13.3. The van der Waals surface area contributed by atoms with Crippen LogP contribution in [0, 0.1) is 20.8 Å². The quantitative estimate of drug-likeness (QED) is 0.761. The molecule has 0 aliphatic heterocycles. The summed E-state index contributed by atoms with van der Waals surface area (Å²) in [4.78, 5) is 23.8. The summed E-state index contributed by atoms with van der Waals surface area (Å²) in [5, 5.41) is 8.40. The Hall–Kier alpha value is -0.810. The van der Waals surface area contributed by atoms with Crippen molar-refractivity contribution >= 4 is 6.29 Å². The Bertz CT molecular complexity index is 155. The second-order valence-corrected chi connectivity index (χ2v) is 5.97. The van der Waals surface area contributed by atoms with Crippen molar-refractivity contribution in [3.05, 3.63) is 9.93 Å². The topological polar surface area (TPSA) is 103 Å². The number of aliphatic hydroxyl groups is 1. The predicted octanol–water partition coefficient (Wildman–Crippen LogP) is 2.28. The highest BCUT2D eigenvalue weighted by atomic mass is 16.7. The van der Waals surface area contributed by atoms with E-state index in [1.54, 1.807) is 0 Å². The van der Waals surface area contributed by atoms with E-state index in [2.05, 4.69) is 20.8 Å². The van der Waals surface area contributed by atoms with E-state index in [0.717, 1.165) is 12.7 Å². The minimum Gasteiger partial charge on any atom is -0.412 e. The molecular formula is C12H28O5. The number of rotatable bonds is 2. The van der Waals surface area contributed by atoms with Crippen molar-refractivity contribution in [3.63, 3.8) is 0 Å². The first-order chi connectivity index (χ1) is 7.12. The standard InChI is InChI=1S/C6H14O.C6H12O.O2.H2O/c2*1-6(2,3)4-5-7;1-2;/h7H,4-5H2,1-3H3;5H,4H2,1-3H3;;1H2. The van der Waals surface area contributed by atoms with E-state index in [1.165, 1.54) is 0 Å². The summed E-state index contributed by atoms with van der Waals surface area (Å²) in [5.74, 6) is 0. The molecule has 0 aromatic heterocycles. The molecule has 0 amide bonds. The van der Waals surface area contributed by atoms with Gasteiger partial charge in [-0.2, -0.15) is 0 Å². The minimum atomic E-state index is 0. The van der Waals surface area contributed by atoms with E-state index in [0.29, 0.717) is 18.4 Å². The fraction of sp³-hybridized carbons (Fsp3) is 0.917. The Kier molecular flexibility index (Phi) is 19.6. The van der Waals surface area contributed by atoms with Gasteiger partial charge in [0.05, 0.1) is 0 Å². The van der Waals surface area contributed by atoms with Crippen molar-refractivity contribution in [1.82, 2.24) is 0 Å². The maximum absolute atomic E-state index is 9.82. The molecule has 0 spiro atoms. The van der Waals surface area contributed by atoms with E-state index >= 15 is 0 Å². The summed E-state index contributed by atoms with van der Waals surface area (Å²) in [6.07, 6.45) is 2.51. The summed E-state index contributed by atoms with van der Waals surface area (Å²) in [5.41, 5.74) is 0.483. The van der Waals surface area contributed by atoms with Gasteiger partial charge in [0.1, 0.15) is 6.29 Å². The molecule has 0 rings (SSSR count). The number of carbonyl (C=O) groups is 1. The van der Waals surface area contributed by atoms with E-state index in [9.17, 15) is 4.79 Å². The first-order valence-corrected chi connectivity index (χ1v) is 5.33. The first kappa shape index (κ1) is 25.1. The highest BCUT2D eigenvalue weighted by Gasteiger charge is 2.07. The molecule has 0 bridgehead atoms. The van der Waals surface area contributed by atoms with Crippen LogP contribution in [0.25, 0.3) is 0 Å². The van der Waals surface area contributed by atoms with Crippen molar-refractivity contribution < 1.29 is 15.4 Å². The van der Waals surface area contributed by atoms with Gasteiger partial charge in [-0.1, -0.05) is 41.5 Å². The predicted molar refractivity (Wildman–Crippen MR) is 71.6 cm³/mol. The smallest absolute Gasteiger partial charge is 0.120 e. The van der Waals surface area contributed by atoms with Crippen LogP contribution in [-0.2, 0) is 4.79 Å². The van der Waals surface area contributed by atoms with Crippen molar-refractivity contribution in [2.45, 2.75) is 54.4 Å². The zero-order valence-electron chi connectivity index (χ0n) is 11.9. The van der Waals surface area contributed by atoms with Gasteiger partial charge >= 0.3 is 0 Å². The van der Waals surface area contributed by atoms with Crippen molar-refractivity contribution in [2.24, 2.45) is 10.8 Å². The van der Waals surface area contributed by atoms with Crippen LogP contribution in [-0.4, -0.2) is 23.5 Å². The average Bonchev–Trinajstić information content (AvgIpc) is 2.04. The Balaban J connectivity index is -0.0000000823. The van der Waals surface area contributed by atoms with Crippen LogP contribution in [0.1, 0.15) is 54.4 Å². The molecule has 17 heavy (non-hydrogen) atoms. The van der Waals surface area contributed by atoms with E-state index in [1.807, 2.05) is 20.8 Å². The molecule has 0 saturated carbocycles. The summed E-state index contributed by atoms with van der Waals surface area (Å²) in [7, 11) is 0. The van der Waals surface area contributed by atoms with Crippen molar-refractivity contribution in [1.29, 1.82) is 0 Å². The van der Waals surface area contributed by atoms with E-state index in [4.69, 9.17) is 15.0 Å². The summed E-state index contributed by atoms with van der Waals surface area (Å²) in [6, 6.07) is 0. The number of hydrogen-bond acceptors (Lipinski definition) is 4. The summed E-state index contributed by atoms with van der Waals surface area (Å²) >= 11 is 0. The number of aldehydes is 1. The fourth-order valence-electron chi connectivity index (χ4n) is 0.585. The molecule has 0 aliphatic carbocycles. The lowest BCUT2D eigenvalue weighted by Crippen LogP contribution is -2.06. The second-order valence-electron chi connectivity index (χ2n) is 5.97. The maximum Gasteiger partial charge on any atom is 0.120 e. The zero-order valence-corrected chi connectivity index (χ0v) is 11.9. The normalized spacial score (nSPS) is 9.82. The van der Waals surface area contributed by atoms with Gasteiger partial charge in [-0.05, 0) is 17.3 Å². The monoisotopic (exact) mass is 252 g/mol. The lowest BCUT2D eigenvalue weighted by atomic mass is 9.93. The van der Waals surface area contributed by atoms with Gasteiger partial charge in [0, 0.05) is 23.0 Å². The molecule has 0 radical (unpaired) electrons. The van der Waals surface area contributed by atoms with Crippen molar-refractivity contribution in [3.8, 4) is 0 Å². The highest BCUT2D eigenvalue weighted by molar-refractivity contribution is 5.50. The third-order valence-electron chi connectivity index (χ3n) is 1.56. The van der Waals surface area contributed by atoms with Crippen LogP contribution in [0.4, 0.5) is 0 Å². The van der Waals surface area contributed by atoms with Crippen LogP contribution in [0.2, 0.25) is 0 Å². The Morgan fingerprint density at radius 2 is 1.29 bits per heavy atom. The molecule has 0 heterocycles. The molecule has 0 fully saturated rings. The fourth-order valence-corrected chi connectivity index (χ4v) is 0.585. The molecule has 0 aromatic rings. The molecule has 0 unspecified atom stereocenters. The molecule has 3 N–H and O–H groups in total. The molecule has 0 aliphatic rings. The largest absolute Gasteiger partial charge is 0.412 e. The Morgan fingerprint density at radius 1 is 0.941 bits per heavy atom. The molecule has 0 aromatic carbocycles. The van der Waals surface area contributed by atoms with Crippen molar-refractivity contribution in [2.75, 3.05) is 6.61 Å². The Labute approximate surface area is 104 Å². The third-order valence-corrected chi connectivity index (χ3v) is 1.56. The number of carbonyl (C=O) groups excluding carboxylic acids is 1. The summed E-state index contributed by atoms with van der Waals surface area (Å²) in [6.45, 7) is 12.8. The van der Waals surface area contributed by atoms with E-state index < -0.39 is 0 Å². The Morgan fingerprint density at radius 3 is 1.29 bits per heavy atom. The summed E-state index contributed by atoms with van der Waals surface area (Å²) < 4.78 is 0. The SMILES string of the molecule is CC(C)(C)CC=O.CC(C)(C)CCO.O.O=O. The molecular weight excluding hydrogens is 224 g/mol. The van der Waals surface area contributed by atoms with Crippen LogP contribution >= 0.6 is 0 Å². The highest BCUT2D eigenvalue weighted by Crippen LogP contribution is 2.16.